The Bertz CT molecular complexity index is 422. The molecule has 2 aromatic heterocycles. The summed E-state index contributed by atoms with van der Waals surface area (Å²) in [6, 6.07) is 0.0891. The Morgan fingerprint density at radius 3 is 3.00 bits per heavy atom. The SMILES string of the molecule is CCCNC(c1cscn1)c1cnnn1C. The second-order valence-electron chi connectivity index (χ2n) is 3.58. The molecule has 0 aliphatic heterocycles. The quantitative estimate of drug-likeness (QED) is 0.853. The lowest BCUT2D eigenvalue weighted by Gasteiger charge is -2.15. The van der Waals surface area contributed by atoms with Crippen LogP contribution in [-0.2, 0) is 7.05 Å². The van der Waals surface area contributed by atoms with Crippen LogP contribution in [0, 0.1) is 0 Å². The van der Waals surface area contributed by atoms with Gasteiger partial charge in [0.25, 0.3) is 0 Å². The van der Waals surface area contributed by atoms with Crippen molar-refractivity contribution in [1.82, 2.24) is 25.3 Å². The summed E-state index contributed by atoms with van der Waals surface area (Å²) in [5.41, 5.74) is 3.92. The zero-order valence-electron chi connectivity index (χ0n) is 9.42. The molecular weight excluding hydrogens is 222 g/mol. The fourth-order valence-electron chi connectivity index (χ4n) is 1.57. The molecule has 0 aliphatic rings. The number of nitrogens with zero attached hydrogens (tertiary/aromatic N) is 4. The molecule has 86 valence electrons. The van der Waals surface area contributed by atoms with E-state index in [1.54, 1.807) is 22.2 Å². The molecular formula is C10H15N5S. The van der Waals surface area contributed by atoms with Gasteiger partial charge in [0.05, 0.1) is 29.1 Å². The van der Waals surface area contributed by atoms with Crippen molar-refractivity contribution in [2.24, 2.45) is 7.05 Å². The average Bonchev–Trinajstić information content (AvgIpc) is 2.91. The van der Waals surface area contributed by atoms with Crippen molar-refractivity contribution in [3.63, 3.8) is 0 Å². The summed E-state index contributed by atoms with van der Waals surface area (Å²) < 4.78 is 1.78. The number of hydrogen-bond acceptors (Lipinski definition) is 5. The third kappa shape index (κ3) is 2.28. The summed E-state index contributed by atoms with van der Waals surface area (Å²) in [6.07, 6.45) is 2.87. The standard InChI is InChI=1S/C10H15N5S/c1-3-4-11-10(8-6-16-7-12-8)9-5-13-14-15(9)2/h5-7,10-11H,3-4H2,1-2H3. The van der Waals surface area contributed by atoms with Gasteiger partial charge in [-0.15, -0.1) is 16.4 Å². The van der Waals surface area contributed by atoms with Gasteiger partial charge in [0.15, 0.2) is 0 Å². The van der Waals surface area contributed by atoms with E-state index in [0.29, 0.717) is 0 Å². The van der Waals surface area contributed by atoms with Gasteiger partial charge in [0.2, 0.25) is 0 Å². The van der Waals surface area contributed by atoms with E-state index in [1.165, 1.54) is 0 Å². The first-order valence-corrected chi connectivity index (χ1v) is 6.23. The Balaban J connectivity index is 2.25. The smallest absolute Gasteiger partial charge is 0.0946 e. The number of nitrogens with one attached hydrogen (secondary N) is 1. The van der Waals surface area contributed by atoms with Gasteiger partial charge in [-0.2, -0.15) is 0 Å². The summed E-state index contributed by atoms with van der Waals surface area (Å²) in [5, 5.41) is 13.4. The molecule has 0 saturated heterocycles. The van der Waals surface area contributed by atoms with Crippen LogP contribution in [0.5, 0.6) is 0 Å². The summed E-state index contributed by atoms with van der Waals surface area (Å²) in [7, 11) is 1.90. The van der Waals surface area contributed by atoms with Gasteiger partial charge >= 0.3 is 0 Å². The molecule has 6 heteroatoms. The van der Waals surface area contributed by atoms with Gasteiger partial charge in [-0.25, -0.2) is 4.98 Å². The highest BCUT2D eigenvalue weighted by atomic mass is 32.1. The minimum absolute atomic E-state index is 0.0891. The van der Waals surface area contributed by atoms with Crippen LogP contribution in [0.4, 0.5) is 0 Å². The largest absolute Gasteiger partial charge is 0.304 e. The monoisotopic (exact) mass is 237 g/mol. The number of rotatable bonds is 5. The number of aryl methyl sites for hydroxylation is 1. The van der Waals surface area contributed by atoms with E-state index in [1.807, 2.05) is 12.6 Å². The highest BCUT2D eigenvalue weighted by molar-refractivity contribution is 7.07. The van der Waals surface area contributed by atoms with Gasteiger partial charge in [-0.05, 0) is 13.0 Å². The fraction of sp³-hybridized carbons (Fsp3) is 0.500. The van der Waals surface area contributed by atoms with Gasteiger partial charge in [0.1, 0.15) is 0 Å². The Morgan fingerprint density at radius 2 is 2.44 bits per heavy atom. The van der Waals surface area contributed by atoms with Gasteiger partial charge in [0, 0.05) is 12.4 Å². The minimum Gasteiger partial charge on any atom is -0.304 e. The van der Waals surface area contributed by atoms with Gasteiger partial charge in [-0.3, -0.25) is 4.68 Å². The summed E-state index contributed by atoms with van der Waals surface area (Å²) >= 11 is 1.60. The maximum atomic E-state index is 4.35. The Morgan fingerprint density at radius 1 is 1.56 bits per heavy atom. The third-order valence-corrected chi connectivity index (χ3v) is 3.00. The molecule has 0 spiro atoms. The van der Waals surface area contributed by atoms with Crippen LogP contribution >= 0.6 is 11.3 Å². The first-order chi connectivity index (χ1) is 7.83. The van der Waals surface area contributed by atoms with Crippen molar-refractivity contribution in [3.05, 3.63) is 28.5 Å². The van der Waals surface area contributed by atoms with Crippen molar-refractivity contribution >= 4 is 11.3 Å². The molecule has 0 aliphatic carbocycles. The highest BCUT2D eigenvalue weighted by Gasteiger charge is 2.18. The van der Waals surface area contributed by atoms with Crippen molar-refractivity contribution in [2.45, 2.75) is 19.4 Å². The Kier molecular flexibility index (Phi) is 3.63. The van der Waals surface area contributed by atoms with Crippen LogP contribution in [0.15, 0.2) is 17.1 Å². The van der Waals surface area contributed by atoms with Crippen LogP contribution in [0.2, 0.25) is 0 Å². The second kappa shape index (κ2) is 5.18. The maximum absolute atomic E-state index is 4.35. The van der Waals surface area contributed by atoms with E-state index in [0.717, 1.165) is 24.4 Å². The van der Waals surface area contributed by atoms with E-state index in [4.69, 9.17) is 0 Å². The predicted molar refractivity (Wildman–Crippen MR) is 63.3 cm³/mol. The highest BCUT2D eigenvalue weighted by Crippen LogP contribution is 2.20. The number of aromatic nitrogens is 4. The normalized spacial score (nSPS) is 12.9. The molecule has 5 nitrogen and oxygen atoms in total. The zero-order valence-corrected chi connectivity index (χ0v) is 10.2. The lowest BCUT2D eigenvalue weighted by molar-refractivity contribution is 0.543. The molecule has 0 radical (unpaired) electrons. The average molecular weight is 237 g/mol. The Hall–Kier alpha value is -1.27. The van der Waals surface area contributed by atoms with Crippen molar-refractivity contribution in [3.8, 4) is 0 Å². The van der Waals surface area contributed by atoms with Crippen molar-refractivity contribution in [2.75, 3.05) is 6.54 Å². The van der Waals surface area contributed by atoms with E-state index < -0.39 is 0 Å². The van der Waals surface area contributed by atoms with E-state index >= 15 is 0 Å². The van der Waals surface area contributed by atoms with Crippen LogP contribution in [-0.4, -0.2) is 26.5 Å². The molecule has 0 amide bonds. The molecule has 16 heavy (non-hydrogen) atoms. The van der Waals surface area contributed by atoms with Gasteiger partial charge < -0.3 is 5.32 Å². The minimum atomic E-state index is 0.0891. The molecule has 0 aromatic carbocycles. The second-order valence-corrected chi connectivity index (χ2v) is 4.30. The molecule has 1 unspecified atom stereocenters. The van der Waals surface area contributed by atoms with Crippen LogP contribution in [0.25, 0.3) is 0 Å². The van der Waals surface area contributed by atoms with Crippen LogP contribution < -0.4 is 5.32 Å². The molecule has 2 aromatic rings. The lowest BCUT2D eigenvalue weighted by Crippen LogP contribution is -2.25. The first-order valence-electron chi connectivity index (χ1n) is 5.29. The Labute approximate surface area is 98.5 Å². The predicted octanol–water partition coefficient (Wildman–Crippen LogP) is 1.36. The van der Waals surface area contributed by atoms with E-state index in [2.05, 4.69) is 32.9 Å². The third-order valence-electron chi connectivity index (χ3n) is 2.39. The molecule has 1 atom stereocenters. The molecule has 0 bridgehead atoms. The van der Waals surface area contributed by atoms with Crippen LogP contribution in [0.3, 0.4) is 0 Å². The first kappa shape index (κ1) is 11.2. The van der Waals surface area contributed by atoms with Crippen molar-refractivity contribution < 1.29 is 0 Å². The fourth-order valence-corrected chi connectivity index (χ4v) is 2.15. The topological polar surface area (TPSA) is 55.6 Å². The van der Waals surface area contributed by atoms with Crippen LogP contribution in [0.1, 0.15) is 30.8 Å². The number of hydrogen-bond donors (Lipinski definition) is 1. The molecule has 0 fully saturated rings. The molecule has 2 rings (SSSR count). The van der Waals surface area contributed by atoms with E-state index in [-0.39, 0.29) is 6.04 Å². The molecule has 0 saturated carbocycles. The lowest BCUT2D eigenvalue weighted by atomic mass is 10.1. The molecule has 2 heterocycles. The van der Waals surface area contributed by atoms with Gasteiger partial charge in [-0.1, -0.05) is 12.1 Å². The zero-order chi connectivity index (χ0) is 11.4. The summed E-state index contributed by atoms with van der Waals surface area (Å²) in [4.78, 5) is 4.35. The maximum Gasteiger partial charge on any atom is 0.0946 e. The van der Waals surface area contributed by atoms with E-state index in [9.17, 15) is 0 Å². The number of thiazole rings is 1. The summed E-state index contributed by atoms with van der Waals surface area (Å²) in [5.74, 6) is 0. The summed E-state index contributed by atoms with van der Waals surface area (Å²) in [6.45, 7) is 3.10. The molecule has 1 N–H and O–H groups in total. The van der Waals surface area contributed by atoms with Crippen molar-refractivity contribution in [1.29, 1.82) is 0 Å².